The van der Waals surface area contributed by atoms with Crippen molar-refractivity contribution >= 4 is 0 Å². The van der Waals surface area contributed by atoms with E-state index in [0.717, 1.165) is 25.7 Å². The summed E-state index contributed by atoms with van der Waals surface area (Å²) in [7, 11) is 0. The molecule has 1 saturated heterocycles. The van der Waals surface area contributed by atoms with Crippen LogP contribution in [0.3, 0.4) is 0 Å². The molecule has 0 radical (unpaired) electrons. The van der Waals surface area contributed by atoms with Gasteiger partial charge in [0.15, 0.2) is 0 Å². The standard InChI is InChI=1S/C16H30N2O/c1-15(2)12-18(9-10-19-15)13-16(7-3-4-8-16)11-17-14-5-6-14/h14,17H,3-13H2,1-2H3. The van der Waals surface area contributed by atoms with Crippen molar-refractivity contribution in [1.29, 1.82) is 0 Å². The van der Waals surface area contributed by atoms with Gasteiger partial charge in [0.2, 0.25) is 0 Å². The number of nitrogens with zero attached hydrogens (tertiary/aromatic N) is 1. The highest BCUT2D eigenvalue weighted by Crippen LogP contribution is 2.39. The maximum Gasteiger partial charge on any atom is 0.0753 e. The zero-order valence-electron chi connectivity index (χ0n) is 12.7. The molecule has 3 rings (SSSR count). The average Bonchev–Trinajstić information content (AvgIpc) is 3.06. The lowest BCUT2D eigenvalue weighted by molar-refractivity contribution is -0.0940. The van der Waals surface area contributed by atoms with E-state index in [2.05, 4.69) is 24.1 Å². The van der Waals surface area contributed by atoms with Crippen LogP contribution in [0.15, 0.2) is 0 Å². The Bertz CT molecular complexity index is 306. The van der Waals surface area contributed by atoms with E-state index >= 15 is 0 Å². The third-order valence-corrected chi connectivity index (χ3v) is 5.07. The molecule has 3 fully saturated rings. The largest absolute Gasteiger partial charge is 0.373 e. The molecule has 19 heavy (non-hydrogen) atoms. The number of rotatable bonds is 5. The fraction of sp³-hybridized carbons (Fsp3) is 1.00. The molecule has 0 amide bonds. The van der Waals surface area contributed by atoms with E-state index in [0.29, 0.717) is 5.41 Å². The summed E-state index contributed by atoms with van der Waals surface area (Å²) in [6.07, 6.45) is 8.51. The number of hydrogen-bond donors (Lipinski definition) is 1. The summed E-state index contributed by atoms with van der Waals surface area (Å²) in [5.74, 6) is 0. The molecule has 1 aliphatic heterocycles. The highest BCUT2D eigenvalue weighted by molar-refractivity contribution is 4.94. The summed E-state index contributed by atoms with van der Waals surface area (Å²) in [6.45, 7) is 10.1. The van der Waals surface area contributed by atoms with Crippen molar-refractivity contribution in [3.8, 4) is 0 Å². The van der Waals surface area contributed by atoms with E-state index in [1.54, 1.807) is 0 Å². The molecule has 2 aliphatic carbocycles. The molecule has 3 aliphatic rings. The first-order valence-electron chi connectivity index (χ1n) is 8.17. The van der Waals surface area contributed by atoms with E-state index in [9.17, 15) is 0 Å². The molecular formula is C16H30N2O. The molecular weight excluding hydrogens is 236 g/mol. The molecule has 0 atom stereocenters. The molecule has 0 aromatic rings. The van der Waals surface area contributed by atoms with Gasteiger partial charge in [-0.25, -0.2) is 0 Å². The van der Waals surface area contributed by atoms with Crippen LogP contribution in [0, 0.1) is 5.41 Å². The average molecular weight is 266 g/mol. The molecule has 1 heterocycles. The van der Waals surface area contributed by atoms with Gasteiger partial charge >= 0.3 is 0 Å². The molecule has 110 valence electrons. The second-order valence-corrected chi connectivity index (χ2v) is 7.68. The van der Waals surface area contributed by atoms with Crippen LogP contribution in [-0.2, 0) is 4.74 Å². The molecule has 0 spiro atoms. The minimum absolute atomic E-state index is 0.0436. The van der Waals surface area contributed by atoms with Crippen LogP contribution in [0.2, 0.25) is 0 Å². The van der Waals surface area contributed by atoms with Gasteiger partial charge in [0.05, 0.1) is 12.2 Å². The van der Waals surface area contributed by atoms with Crippen molar-refractivity contribution in [1.82, 2.24) is 10.2 Å². The van der Waals surface area contributed by atoms with E-state index < -0.39 is 0 Å². The summed E-state index contributed by atoms with van der Waals surface area (Å²) in [4.78, 5) is 2.66. The smallest absolute Gasteiger partial charge is 0.0753 e. The zero-order chi connectivity index (χ0) is 13.3. The highest BCUT2D eigenvalue weighted by Gasteiger charge is 2.39. The van der Waals surface area contributed by atoms with Crippen LogP contribution in [0.4, 0.5) is 0 Å². The SMILES string of the molecule is CC1(C)CN(CC2(CNC3CC3)CCCC2)CCO1. The maximum absolute atomic E-state index is 5.84. The Kier molecular flexibility index (Phi) is 3.89. The van der Waals surface area contributed by atoms with Gasteiger partial charge in [0.25, 0.3) is 0 Å². The Balaban J connectivity index is 1.57. The summed E-state index contributed by atoms with van der Waals surface area (Å²) in [5.41, 5.74) is 0.595. The van der Waals surface area contributed by atoms with Gasteiger partial charge in [-0.15, -0.1) is 0 Å². The second kappa shape index (κ2) is 5.34. The molecule has 1 N–H and O–H groups in total. The minimum Gasteiger partial charge on any atom is -0.373 e. The Morgan fingerprint density at radius 2 is 1.95 bits per heavy atom. The predicted octanol–water partition coefficient (Wildman–Crippen LogP) is 2.41. The quantitative estimate of drug-likeness (QED) is 0.827. The van der Waals surface area contributed by atoms with E-state index in [1.165, 1.54) is 51.6 Å². The summed E-state index contributed by atoms with van der Waals surface area (Å²) in [6, 6.07) is 0.846. The van der Waals surface area contributed by atoms with Crippen molar-refractivity contribution in [2.45, 2.75) is 64.0 Å². The Labute approximate surface area is 118 Å². The Hall–Kier alpha value is -0.120. The van der Waals surface area contributed by atoms with Gasteiger partial charge in [0.1, 0.15) is 0 Å². The Morgan fingerprint density at radius 3 is 2.58 bits per heavy atom. The van der Waals surface area contributed by atoms with Crippen LogP contribution in [-0.4, -0.2) is 49.3 Å². The van der Waals surface area contributed by atoms with E-state index in [-0.39, 0.29) is 5.60 Å². The molecule has 3 nitrogen and oxygen atoms in total. The van der Waals surface area contributed by atoms with Gasteiger partial charge in [-0.3, -0.25) is 4.90 Å². The zero-order valence-corrected chi connectivity index (χ0v) is 12.7. The maximum atomic E-state index is 5.84. The summed E-state index contributed by atoms with van der Waals surface area (Å²) >= 11 is 0. The lowest BCUT2D eigenvalue weighted by Crippen LogP contribution is -2.52. The normalized spacial score (nSPS) is 30.6. The molecule has 0 aromatic carbocycles. The topological polar surface area (TPSA) is 24.5 Å². The van der Waals surface area contributed by atoms with Gasteiger partial charge in [-0.2, -0.15) is 0 Å². The van der Waals surface area contributed by atoms with Crippen LogP contribution >= 0.6 is 0 Å². The predicted molar refractivity (Wildman–Crippen MR) is 78.4 cm³/mol. The van der Waals surface area contributed by atoms with Crippen LogP contribution in [0.25, 0.3) is 0 Å². The number of hydrogen-bond acceptors (Lipinski definition) is 3. The summed E-state index contributed by atoms with van der Waals surface area (Å²) in [5, 5.41) is 3.79. The third kappa shape index (κ3) is 3.71. The molecule has 3 heteroatoms. The fourth-order valence-electron chi connectivity index (χ4n) is 3.89. The van der Waals surface area contributed by atoms with Gasteiger partial charge in [-0.05, 0) is 44.9 Å². The van der Waals surface area contributed by atoms with Crippen molar-refractivity contribution in [2.24, 2.45) is 5.41 Å². The lowest BCUT2D eigenvalue weighted by atomic mass is 9.84. The van der Waals surface area contributed by atoms with E-state index in [1.807, 2.05) is 0 Å². The van der Waals surface area contributed by atoms with Gasteiger partial charge < -0.3 is 10.1 Å². The monoisotopic (exact) mass is 266 g/mol. The Morgan fingerprint density at radius 1 is 1.21 bits per heavy atom. The van der Waals surface area contributed by atoms with Gasteiger partial charge in [0, 0.05) is 32.2 Å². The molecule has 0 bridgehead atoms. The van der Waals surface area contributed by atoms with Crippen molar-refractivity contribution in [2.75, 3.05) is 32.8 Å². The summed E-state index contributed by atoms with van der Waals surface area (Å²) < 4.78 is 5.84. The first kappa shape index (κ1) is 13.8. The van der Waals surface area contributed by atoms with Crippen molar-refractivity contribution < 1.29 is 4.74 Å². The highest BCUT2D eigenvalue weighted by atomic mass is 16.5. The van der Waals surface area contributed by atoms with Crippen LogP contribution in [0.1, 0.15) is 52.4 Å². The molecule has 0 unspecified atom stereocenters. The first-order chi connectivity index (χ1) is 9.07. The number of nitrogens with one attached hydrogen (secondary N) is 1. The molecule has 0 aromatic heterocycles. The van der Waals surface area contributed by atoms with Crippen LogP contribution < -0.4 is 5.32 Å². The second-order valence-electron chi connectivity index (χ2n) is 7.68. The molecule has 2 saturated carbocycles. The van der Waals surface area contributed by atoms with Crippen LogP contribution in [0.5, 0.6) is 0 Å². The van der Waals surface area contributed by atoms with Crippen molar-refractivity contribution in [3.63, 3.8) is 0 Å². The van der Waals surface area contributed by atoms with Gasteiger partial charge in [-0.1, -0.05) is 12.8 Å². The third-order valence-electron chi connectivity index (χ3n) is 5.07. The fourth-order valence-corrected chi connectivity index (χ4v) is 3.89. The van der Waals surface area contributed by atoms with Crippen molar-refractivity contribution in [3.05, 3.63) is 0 Å². The van der Waals surface area contributed by atoms with E-state index in [4.69, 9.17) is 4.74 Å². The first-order valence-corrected chi connectivity index (χ1v) is 8.17. The lowest BCUT2D eigenvalue weighted by Gasteiger charge is -2.43. The number of morpholine rings is 1. The number of ether oxygens (including phenoxy) is 1. The minimum atomic E-state index is 0.0436.